The van der Waals surface area contributed by atoms with Crippen molar-refractivity contribution in [1.29, 1.82) is 0 Å². The highest BCUT2D eigenvalue weighted by molar-refractivity contribution is 7.80. The van der Waals surface area contributed by atoms with Crippen LogP contribution in [0.2, 0.25) is 5.02 Å². The largest absolute Gasteiger partial charge is 0.389 e. The van der Waals surface area contributed by atoms with E-state index in [0.717, 1.165) is 19.3 Å². The normalized spacial score (nSPS) is 25.1. The summed E-state index contributed by atoms with van der Waals surface area (Å²) in [4.78, 5) is 26.3. The molecule has 0 bridgehead atoms. The van der Waals surface area contributed by atoms with E-state index in [1.165, 1.54) is 4.90 Å². The van der Waals surface area contributed by atoms with E-state index in [9.17, 15) is 9.59 Å². The van der Waals surface area contributed by atoms with E-state index < -0.39 is 0 Å². The van der Waals surface area contributed by atoms with E-state index in [2.05, 4.69) is 0 Å². The van der Waals surface area contributed by atoms with Crippen molar-refractivity contribution < 1.29 is 9.59 Å². The number of anilines is 1. The molecule has 20 heavy (non-hydrogen) atoms. The second-order valence-electron chi connectivity index (χ2n) is 5.18. The lowest BCUT2D eigenvalue weighted by Gasteiger charge is -2.19. The number of imide groups is 1. The third-order valence-corrected chi connectivity index (χ3v) is 4.51. The minimum absolute atomic E-state index is 0.148. The summed E-state index contributed by atoms with van der Waals surface area (Å²) in [6, 6.07) is 4.87. The van der Waals surface area contributed by atoms with E-state index >= 15 is 0 Å². The highest BCUT2D eigenvalue weighted by Gasteiger charge is 2.50. The maximum Gasteiger partial charge on any atom is 0.237 e. The van der Waals surface area contributed by atoms with Gasteiger partial charge in [0.25, 0.3) is 0 Å². The van der Waals surface area contributed by atoms with Crippen LogP contribution in [0.1, 0.15) is 24.8 Å². The van der Waals surface area contributed by atoms with E-state index in [1.807, 2.05) is 0 Å². The minimum atomic E-state index is -0.194. The van der Waals surface area contributed by atoms with Crippen LogP contribution in [0.25, 0.3) is 0 Å². The summed E-state index contributed by atoms with van der Waals surface area (Å²) in [6.07, 6.45) is 2.47. The summed E-state index contributed by atoms with van der Waals surface area (Å²) in [5.41, 5.74) is 6.60. The molecule has 1 aromatic rings. The molecule has 2 atom stereocenters. The number of carbonyl (C=O) groups excluding carboxylic acids is 2. The Morgan fingerprint density at radius 3 is 2.40 bits per heavy atom. The zero-order valence-corrected chi connectivity index (χ0v) is 12.2. The third kappa shape index (κ3) is 1.93. The highest BCUT2D eigenvalue weighted by Crippen LogP contribution is 2.42. The first-order valence-corrected chi connectivity index (χ1v) is 7.26. The van der Waals surface area contributed by atoms with Gasteiger partial charge in [0, 0.05) is 10.6 Å². The lowest BCUT2D eigenvalue weighted by molar-refractivity contribution is -0.122. The van der Waals surface area contributed by atoms with Crippen molar-refractivity contribution in [2.45, 2.75) is 19.3 Å². The number of nitrogens with zero attached hydrogens (tertiary/aromatic N) is 1. The molecule has 1 aliphatic carbocycles. The van der Waals surface area contributed by atoms with Gasteiger partial charge in [-0.2, -0.15) is 0 Å². The minimum Gasteiger partial charge on any atom is -0.389 e. The number of hydrogen-bond donors (Lipinski definition) is 1. The summed E-state index contributed by atoms with van der Waals surface area (Å²) in [5, 5.41) is 0.442. The Hall–Kier alpha value is -1.46. The first-order chi connectivity index (χ1) is 9.50. The number of thiocarbonyl (C=S) groups is 1. The molecular weight excluding hydrogens is 296 g/mol. The van der Waals surface area contributed by atoms with Crippen LogP contribution in [0.4, 0.5) is 5.69 Å². The fourth-order valence-electron chi connectivity index (χ4n) is 3.13. The Kier molecular flexibility index (Phi) is 3.26. The van der Waals surface area contributed by atoms with Crippen LogP contribution in [0, 0.1) is 11.8 Å². The van der Waals surface area contributed by atoms with E-state index in [-0.39, 0.29) is 28.6 Å². The van der Waals surface area contributed by atoms with Crippen LogP contribution in [0.15, 0.2) is 18.2 Å². The lowest BCUT2D eigenvalue weighted by atomic mass is 10.00. The van der Waals surface area contributed by atoms with Gasteiger partial charge in [0.05, 0.1) is 17.5 Å². The van der Waals surface area contributed by atoms with Crippen LogP contribution in [-0.2, 0) is 9.59 Å². The Balaban J connectivity index is 2.09. The number of nitrogens with two attached hydrogens (primary N) is 1. The van der Waals surface area contributed by atoms with Gasteiger partial charge in [-0.05, 0) is 31.0 Å². The average Bonchev–Trinajstić information content (AvgIpc) is 2.94. The van der Waals surface area contributed by atoms with Gasteiger partial charge in [-0.3, -0.25) is 9.59 Å². The van der Waals surface area contributed by atoms with Gasteiger partial charge >= 0.3 is 0 Å². The average molecular weight is 309 g/mol. The van der Waals surface area contributed by atoms with Crippen LogP contribution in [-0.4, -0.2) is 16.8 Å². The second kappa shape index (κ2) is 4.82. The highest BCUT2D eigenvalue weighted by atomic mass is 35.5. The molecule has 4 nitrogen and oxygen atoms in total. The number of amides is 2. The zero-order valence-electron chi connectivity index (χ0n) is 10.6. The molecule has 3 rings (SSSR count). The Bertz CT molecular complexity index is 610. The van der Waals surface area contributed by atoms with Gasteiger partial charge in [0.1, 0.15) is 4.99 Å². The summed E-state index contributed by atoms with van der Waals surface area (Å²) in [7, 11) is 0. The Morgan fingerprint density at radius 2 is 1.85 bits per heavy atom. The predicted molar refractivity (Wildman–Crippen MR) is 80.7 cm³/mol. The molecule has 2 amide bonds. The van der Waals surface area contributed by atoms with Crippen molar-refractivity contribution in [1.82, 2.24) is 0 Å². The second-order valence-corrected chi connectivity index (χ2v) is 6.06. The molecular formula is C14H13ClN2O2S. The predicted octanol–water partition coefficient (Wildman–Crippen LogP) is 2.26. The third-order valence-electron chi connectivity index (χ3n) is 4.06. The van der Waals surface area contributed by atoms with Crippen molar-refractivity contribution in [2.75, 3.05) is 4.90 Å². The van der Waals surface area contributed by atoms with Crippen LogP contribution < -0.4 is 10.6 Å². The SMILES string of the molecule is NC(=S)c1ccc(Cl)cc1N1C(=O)C2CCCC2C1=O. The number of benzene rings is 1. The standard InChI is InChI=1S/C14H13ClN2O2S/c15-7-4-5-10(12(16)20)11(6-7)17-13(18)8-2-1-3-9(8)14(17)19/h4-6,8-9H,1-3H2,(H2,16,20). The smallest absolute Gasteiger partial charge is 0.237 e. The van der Waals surface area contributed by atoms with Gasteiger partial charge in [0.2, 0.25) is 11.8 Å². The fraction of sp³-hybridized carbons (Fsp3) is 0.357. The molecule has 1 aliphatic heterocycles. The first-order valence-electron chi connectivity index (χ1n) is 6.48. The van der Waals surface area contributed by atoms with Crippen molar-refractivity contribution in [3.05, 3.63) is 28.8 Å². The Labute approximate surface area is 126 Å². The van der Waals surface area contributed by atoms with Crippen molar-refractivity contribution >= 4 is 46.3 Å². The maximum absolute atomic E-state index is 12.5. The molecule has 0 aromatic heterocycles. The first kappa shape index (κ1) is 13.5. The maximum atomic E-state index is 12.5. The monoisotopic (exact) mass is 308 g/mol. The summed E-state index contributed by atoms with van der Waals surface area (Å²) in [5.74, 6) is -0.698. The van der Waals surface area contributed by atoms with Crippen LogP contribution >= 0.6 is 23.8 Å². The zero-order chi connectivity index (χ0) is 14.4. The summed E-state index contributed by atoms with van der Waals surface area (Å²) in [6.45, 7) is 0. The van der Waals surface area contributed by atoms with Gasteiger partial charge in [-0.15, -0.1) is 0 Å². The number of rotatable bonds is 2. The molecule has 2 unspecified atom stereocenters. The molecule has 2 N–H and O–H groups in total. The van der Waals surface area contributed by atoms with Gasteiger partial charge < -0.3 is 5.73 Å². The molecule has 1 aromatic carbocycles. The van der Waals surface area contributed by atoms with Crippen LogP contribution in [0.3, 0.4) is 0 Å². The summed E-state index contributed by atoms with van der Waals surface area (Å²) >= 11 is 11.0. The number of carbonyl (C=O) groups is 2. The van der Waals surface area contributed by atoms with Gasteiger partial charge in [0.15, 0.2) is 0 Å². The lowest BCUT2D eigenvalue weighted by Crippen LogP contribution is -2.33. The molecule has 6 heteroatoms. The van der Waals surface area contributed by atoms with E-state index in [1.54, 1.807) is 18.2 Å². The summed E-state index contributed by atoms with van der Waals surface area (Å²) < 4.78 is 0. The molecule has 1 saturated carbocycles. The number of halogens is 1. The quantitative estimate of drug-likeness (QED) is 0.672. The van der Waals surface area contributed by atoms with Crippen molar-refractivity contribution in [2.24, 2.45) is 17.6 Å². The van der Waals surface area contributed by atoms with Gasteiger partial charge in [-0.1, -0.05) is 30.2 Å². The molecule has 0 spiro atoms. The van der Waals surface area contributed by atoms with E-state index in [0.29, 0.717) is 16.3 Å². The molecule has 0 radical (unpaired) electrons. The van der Waals surface area contributed by atoms with Crippen molar-refractivity contribution in [3.8, 4) is 0 Å². The molecule has 2 aliphatic rings. The molecule has 1 saturated heterocycles. The van der Waals surface area contributed by atoms with Crippen molar-refractivity contribution in [3.63, 3.8) is 0 Å². The molecule has 1 heterocycles. The number of hydrogen-bond acceptors (Lipinski definition) is 3. The van der Waals surface area contributed by atoms with Crippen LogP contribution in [0.5, 0.6) is 0 Å². The van der Waals surface area contributed by atoms with E-state index in [4.69, 9.17) is 29.6 Å². The topological polar surface area (TPSA) is 63.4 Å². The van der Waals surface area contributed by atoms with Gasteiger partial charge in [-0.25, -0.2) is 4.90 Å². The fourth-order valence-corrected chi connectivity index (χ4v) is 3.47. The number of fused-ring (bicyclic) bond motifs is 1. The molecule has 104 valence electrons. The molecule has 2 fully saturated rings. The Morgan fingerprint density at radius 1 is 1.25 bits per heavy atom.